The first kappa shape index (κ1) is 22.6. The highest BCUT2D eigenvalue weighted by molar-refractivity contribution is 7.80. The van der Waals surface area contributed by atoms with Crippen LogP contribution in [-0.4, -0.2) is 35.2 Å². The number of carbonyl (C=O) groups excluding carboxylic acids is 2. The molecular formula is C20H25N3O4S3. The molecule has 0 radical (unpaired) electrons. The average molecular weight is 468 g/mol. The van der Waals surface area contributed by atoms with Crippen LogP contribution in [0.4, 0.5) is 10.1 Å². The van der Waals surface area contributed by atoms with E-state index >= 15 is 0 Å². The number of aryl methyl sites for hydroxylation is 1. The molecule has 1 aliphatic carbocycles. The van der Waals surface area contributed by atoms with Crippen molar-refractivity contribution in [3.63, 3.8) is 0 Å². The molecule has 0 aliphatic heterocycles. The van der Waals surface area contributed by atoms with E-state index in [0.717, 1.165) is 41.4 Å². The normalized spacial score (nSPS) is 15.3. The number of aromatic nitrogens is 1. The molecule has 30 heavy (non-hydrogen) atoms. The largest absolute Gasteiger partial charge is 0.462 e. The summed E-state index contributed by atoms with van der Waals surface area (Å²) in [5.74, 6) is -0.316. The number of hydrogen-bond acceptors (Lipinski definition) is 8. The topological polar surface area (TPSA) is 89.5 Å². The minimum Gasteiger partial charge on any atom is -0.462 e. The highest BCUT2D eigenvalue weighted by Crippen LogP contribution is 2.35. The van der Waals surface area contributed by atoms with Gasteiger partial charge in [-0.15, -0.1) is 22.7 Å². The van der Waals surface area contributed by atoms with Crippen molar-refractivity contribution in [2.24, 2.45) is 5.92 Å². The summed E-state index contributed by atoms with van der Waals surface area (Å²) >= 11 is 8.17. The number of hydrogen-bond donors (Lipinski definition) is 2. The van der Waals surface area contributed by atoms with Crippen LogP contribution < -0.4 is 10.6 Å². The van der Waals surface area contributed by atoms with Gasteiger partial charge in [0.1, 0.15) is 9.88 Å². The van der Waals surface area contributed by atoms with E-state index < -0.39 is 11.9 Å². The Balaban J connectivity index is 1.80. The summed E-state index contributed by atoms with van der Waals surface area (Å²) in [5.41, 5.74) is 1.94. The Bertz CT molecular complexity index is 967. The van der Waals surface area contributed by atoms with Crippen LogP contribution in [0.15, 0.2) is 0 Å². The molecule has 2 heterocycles. The van der Waals surface area contributed by atoms with Crippen LogP contribution >= 0.6 is 34.9 Å². The molecule has 1 atom stereocenters. The van der Waals surface area contributed by atoms with Crippen molar-refractivity contribution in [3.8, 4) is 0 Å². The molecule has 7 nitrogen and oxygen atoms in total. The number of carbonyl (C=O) groups is 2. The summed E-state index contributed by atoms with van der Waals surface area (Å²) in [6.07, 6.45) is 3.16. The zero-order valence-electron chi connectivity index (χ0n) is 17.4. The van der Waals surface area contributed by atoms with E-state index in [0.29, 0.717) is 32.0 Å². The third-order valence-corrected chi connectivity index (χ3v) is 7.15. The van der Waals surface area contributed by atoms with Crippen LogP contribution in [-0.2, 0) is 22.3 Å². The number of thiophene rings is 1. The van der Waals surface area contributed by atoms with Crippen LogP contribution in [0.5, 0.6) is 0 Å². The van der Waals surface area contributed by atoms with Gasteiger partial charge in [-0.05, 0) is 63.7 Å². The molecule has 3 rings (SSSR count). The quantitative estimate of drug-likeness (QED) is 0.463. The van der Waals surface area contributed by atoms with Crippen LogP contribution in [0, 0.1) is 12.8 Å². The number of rotatable bonds is 6. The van der Waals surface area contributed by atoms with Gasteiger partial charge >= 0.3 is 11.9 Å². The summed E-state index contributed by atoms with van der Waals surface area (Å²) in [6.45, 7) is 7.90. The number of nitrogens with zero attached hydrogens (tertiary/aromatic N) is 1. The fourth-order valence-electron chi connectivity index (χ4n) is 3.27. The zero-order valence-corrected chi connectivity index (χ0v) is 19.9. The first-order valence-electron chi connectivity index (χ1n) is 9.88. The van der Waals surface area contributed by atoms with Gasteiger partial charge in [-0.3, -0.25) is 0 Å². The Morgan fingerprint density at radius 1 is 1.17 bits per heavy atom. The first-order chi connectivity index (χ1) is 14.3. The maximum Gasteiger partial charge on any atom is 0.348 e. The summed E-state index contributed by atoms with van der Waals surface area (Å²) in [4.78, 5) is 31.1. The molecule has 0 bridgehead atoms. The third-order valence-electron chi connectivity index (χ3n) is 4.72. The van der Waals surface area contributed by atoms with E-state index in [1.165, 1.54) is 4.88 Å². The van der Waals surface area contributed by atoms with E-state index in [4.69, 9.17) is 21.7 Å². The number of thiazole rings is 1. The van der Waals surface area contributed by atoms with E-state index in [1.54, 1.807) is 32.1 Å². The standard InChI is InChI=1S/C20H25N3O4S3/c1-5-26-17(24)14-11(4)15(18(25)27-6-2)30-16(14)22-19(28)23-20-21-12-8-7-10(3)9-13(12)29-20/h10H,5-9H2,1-4H3,(H2,21,22,23,28)/t10-/m1/s1. The number of thiocarbonyl (C=S) groups is 1. The lowest BCUT2D eigenvalue weighted by Crippen LogP contribution is -2.20. The number of esters is 2. The van der Waals surface area contributed by atoms with Crippen molar-refractivity contribution in [2.75, 3.05) is 23.8 Å². The van der Waals surface area contributed by atoms with E-state index in [2.05, 4.69) is 22.5 Å². The fraction of sp³-hybridized carbons (Fsp3) is 0.500. The Morgan fingerprint density at radius 3 is 2.57 bits per heavy atom. The van der Waals surface area contributed by atoms with Gasteiger partial charge in [0.25, 0.3) is 0 Å². The Labute approximate surface area is 189 Å². The second-order valence-electron chi connectivity index (χ2n) is 7.02. The molecule has 0 saturated heterocycles. The molecule has 0 amide bonds. The van der Waals surface area contributed by atoms with Crippen molar-refractivity contribution in [1.82, 2.24) is 4.98 Å². The van der Waals surface area contributed by atoms with Crippen molar-refractivity contribution < 1.29 is 19.1 Å². The second-order valence-corrected chi connectivity index (χ2v) is 9.53. The van der Waals surface area contributed by atoms with E-state index in [9.17, 15) is 9.59 Å². The number of ether oxygens (including phenoxy) is 2. The number of nitrogens with one attached hydrogen (secondary N) is 2. The van der Waals surface area contributed by atoms with Crippen LogP contribution in [0.1, 0.15) is 63.4 Å². The lowest BCUT2D eigenvalue weighted by atomic mass is 9.93. The highest BCUT2D eigenvalue weighted by Gasteiger charge is 2.27. The maximum atomic E-state index is 12.5. The molecule has 0 spiro atoms. The molecule has 1 aliphatic rings. The van der Waals surface area contributed by atoms with Gasteiger partial charge < -0.3 is 20.1 Å². The minimum atomic E-state index is -0.509. The van der Waals surface area contributed by atoms with Crippen LogP contribution in [0.25, 0.3) is 0 Å². The number of anilines is 2. The first-order valence-corrected chi connectivity index (χ1v) is 11.9. The molecule has 0 fully saturated rings. The van der Waals surface area contributed by atoms with Crippen molar-refractivity contribution in [2.45, 2.75) is 47.0 Å². The summed E-state index contributed by atoms with van der Waals surface area (Å²) in [6, 6.07) is 0. The molecule has 10 heteroatoms. The SMILES string of the molecule is CCOC(=O)c1sc(NC(=S)Nc2nc3c(s2)C[C@H](C)CC3)c(C(=O)OCC)c1C. The fourth-order valence-corrected chi connectivity index (χ4v) is 5.86. The molecule has 2 N–H and O–H groups in total. The van der Waals surface area contributed by atoms with Gasteiger partial charge in [0.15, 0.2) is 10.2 Å². The van der Waals surface area contributed by atoms with Gasteiger partial charge in [-0.2, -0.15) is 0 Å². The molecule has 0 aromatic carbocycles. The molecule has 162 valence electrons. The summed E-state index contributed by atoms with van der Waals surface area (Å²) in [5, 5.41) is 7.63. The molecule has 2 aromatic heterocycles. The number of fused-ring (bicyclic) bond motifs is 1. The monoisotopic (exact) mass is 467 g/mol. The zero-order chi connectivity index (χ0) is 21.8. The van der Waals surface area contributed by atoms with Crippen LogP contribution in [0.2, 0.25) is 0 Å². The lowest BCUT2D eigenvalue weighted by molar-refractivity contribution is 0.0527. The van der Waals surface area contributed by atoms with E-state index in [1.807, 2.05) is 0 Å². The van der Waals surface area contributed by atoms with Crippen molar-refractivity contribution in [1.29, 1.82) is 0 Å². The molecular weight excluding hydrogens is 442 g/mol. The highest BCUT2D eigenvalue weighted by atomic mass is 32.1. The minimum absolute atomic E-state index is 0.230. The lowest BCUT2D eigenvalue weighted by Gasteiger charge is -2.15. The second kappa shape index (κ2) is 9.84. The third kappa shape index (κ3) is 4.98. The van der Waals surface area contributed by atoms with Gasteiger partial charge in [0.05, 0.1) is 24.5 Å². The Kier molecular flexibility index (Phi) is 7.43. The maximum absolute atomic E-state index is 12.5. The van der Waals surface area contributed by atoms with Crippen LogP contribution in [0.3, 0.4) is 0 Å². The van der Waals surface area contributed by atoms with Gasteiger partial charge in [0, 0.05) is 4.88 Å². The van der Waals surface area contributed by atoms with Crippen molar-refractivity contribution >= 4 is 62.1 Å². The van der Waals surface area contributed by atoms with Gasteiger partial charge in [0.2, 0.25) is 0 Å². The average Bonchev–Trinajstić information content (AvgIpc) is 3.21. The summed E-state index contributed by atoms with van der Waals surface area (Å²) < 4.78 is 10.3. The smallest absolute Gasteiger partial charge is 0.348 e. The summed E-state index contributed by atoms with van der Waals surface area (Å²) in [7, 11) is 0. The Morgan fingerprint density at radius 2 is 1.87 bits per heavy atom. The molecule has 2 aromatic rings. The predicted molar refractivity (Wildman–Crippen MR) is 124 cm³/mol. The Hall–Kier alpha value is -2.04. The molecule has 0 saturated carbocycles. The van der Waals surface area contributed by atoms with Gasteiger partial charge in [-0.1, -0.05) is 6.92 Å². The molecule has 0 unspecified atom stereocenters. The predicted octanol–water partition coefficient (Wildman–Crippen LogP) is 4.80. The van der Waals surface area contributed by atoms with E-state index in [-0.39, 0.29) is 13.2 Å². The van der Waals surface area contributed by atoms with Gasteiger partial charge in [-0.25, -0.2) is 14.6 Å². The van der Waals surface area contributed by atoms with Crippen molar-refractivity contribution in [3.05, 3.63) is 26.6 Å².